The quantitative estimate of drug-likeness (QED) is 0.860. The number of hydrogen-bond acceptors (Lipinski definition) is 2. The predicted molar refractivity (Wildman–Crippen MR) is 70.9 cm³/mol. The van der Waals surface area contributed by atoms with Crippen LogP contribution >= 0.6 is 12.4 Å². The second kappa shape index (κ2) is 6.24. The lowest BCUT2D eigenvalue weighted by molar-refractivity contribution is 0.201. The molecule has 1 aromatic carbocycles. The van der Waals surface area contributed by atoms with E-state index in [-0.39, 0.29) is 12.4 Å². The monoisotopic (exact) mass is 240 g/mol. The van der Waals surface area contributed by atoms with Crippen LogP contribution < -0.4 is 5.73 Å². The van der Waals surface area contributed by atoms with Gasteiger partial charge in [-0.15, -0.1) is 12.4 Å². The number of likely N-dealkylation sites (tertiary alicyclic amines) is 1. The normalized spacial score (nSPS) is 21.5. The number of aryl methyl sites for hydroxylation is 1. The molecule has 90 valence electrons. The smallest absolute Gasteiger partial charge is 0.0234 e. The molecule has 0 aliphatic carbocycles. The molecule has 2 nitrogen and oxygen atoms in total. The number of rotatable bonds is 2. The summed E-state index contributed by atoms with van der Waals surface area (Å²) >= 11 is 0. The van der Waals surface area contributed by atoms with Gasteiger partial charge in [0.1, 0.15) is 0 Å². The summed E-state index contributed by atoms with van der Waals surface area (Å²) in [5.74, 6) is 0. The molecule has 0 radical (unpaired) electrons. The fourth-order valence-corrected chi connectivity index (χ4v) is 2.19. The highest BCUT2D eigenvalue weighted by atomic mass is 35.5. The summed E-state index contributed by atoms with van der Waals surface area (Å²) < 4.78 is 0. The largest absolute Gasteiger partial charge is 0.327 e. The van der Waals surface area contributed by atoms with Gasteiger partial charge in [-0.05, 0) is 31.9 Å². The Morgan fingerprint density at radius 2 is 2.00 bits per heavy atom. The van der Waals surface area contributed by atoms with E-state index >= 15 is 0 Å². The average molecular weight is 241 g/mol. The highest BCUT2D eigenvalue weighted by Crippen LogP contribution is 2.12. The molecule has 3 heteroatoms. The fourth-order valence-electron chi connectivity index (χ4n) is 2.19. The number of halogens is 1. The molecule has 1 saturated heterocycles. The number of hydrogen-bond donors (Lipinski definition) is 1. The van der Waals surface area contributed by atoms with Crippen molar-refractivity contribution in [3.63, 3.8) is 0 Å². The molecule has 2 N–H and O–H groups in total. The molecular weight excluding hydrogens is 220 g/mol. The van der Waals surface area contributed by atoms with Crippen molar-refractivity contribution in [1.82, 2.24) is 4.90 Å². The SMILES string of the molecule is Cc1ccc(CN2CCC[C@@H](N)C2)cc1.Cl. The lowest BCUT2D eigenvalue weighted by atomic mass is 10.1. The van der Waals surface area contributed by atoms with Crippen LogP contribution in [-0.4, -0.2) is 24.0 Å². The molecule has 1 aliphatic heterocycles. The van der Waals surface area contributed by atoms with E-state index in [2.05, 4.69) is 36.1 Å². The Hall–Kier alpha value is -0.570. The van der Waals surface area contributed by atoms with E-state index in [9.17, 15) is 0 Å². The molecule has 16 heavy (non-hydrogen) atoms. The Bertz CT molecular complexity index is 310. The van der Waals surface area contributed by atoms with E-state index in [1.54, 1.807) is 0 Å². The summed E-state index contributed by atoms with van der Waals surface area (Å²) in [6.45, 7) is 5.42. The number of nitrogens with zero attached hydrogens (tertiary/aromatic N) is 1. The van der Waals surface area contributed by atoms with E-state index < -0.39 is 0 Å². The molecule has 0 bridgehead atoms. The third kappa shape index (κ3) is 3.78. The van der Waals surface area contributed by atoms with E-state index in [0.717, 1.165) is 13.1 Å². The van der Waals surface area contributed by atoms with E-state index in [1.165, 1.54) is 30.5 Å². The first-order chi connectivity index (χ1) is 7.24. The van der Waals surface area contributed by atoms with Crippen molar-refractivity contribution in [2.24, 2.45) is 5.73 Å². The van der Waals surface area contributed by atoms with Crippen LogP contribution in [-0.2, 0) is 6.54 Å². The summed E-state index contributed by atoms with van der Waals surface area (Å²) in [6, 6.07) is 9.17. The van der Waals surface area contributed by atoms with Crippen LogP contribution in [0.15, 0.2) is 24.3 Å². The molecule has 0 amide bonds. The Morgan fingerprint density at radius 3 is 2.62 bits per heavy atom. The minimum Gasteiger partial charge on any atom is -0.327 e. The van der Waals surface area contributed by atoms with Crippen LogP contribution in [0.4, 0.5) is 0 Å². The summed E-state index contributed by atoms with van der Waals surface area (Å²) in [7, 11) is 0. The van der Waals surface area contributed by atoms with Crippen LogP contribution in [0.5, 0.6) is 0 Å². The maximum atomic E-state index is 5.96. The zero-order valence-electron chi connectivity index (χ0n) is 9.86. The molecule has 1 atom stereocenters. The molecule has 1 aromatic rings. The van der Waals surface area contributed by atoms with Gasteiger partial charge in [-0.1, -0.05) is 29.8 Å². The summed E-state index contributed by atoms with van der Waals surface area (Å²) in [4.78, 5) is 2.46. The lowest BCUT2D eigenvalue weighted by Gasteiger charge is -2.30. The third-order valence-corrected chi connectivity index (χ3v) is 3.07. The van der Waals surface area contributed by atoms with Crippen LogP contribution in [0.2, 0.25) is 0 Å². The summed E-state index contributed by atoms with van der Waals surface area (Å²) in [5.41, 5.74) is 8.69. The maximum absolute atomic E-state index is 5.96. The van der Waals surface area contributed by atoms with Crippen molar-refractivity contribution in [3.05, 3.63) is 35.4 Å². The number of piperidine rings is 1. The Labute approximate surface area is 104 Å². The van der Waals surface area contributed by atoms with Gasteiger partial charge in [-0.25, -0.2) is 0 Å². The Balaban J connectivity index is 0.00000128. The molecule has 0 spiro atoms. The van der Waals surface area contributed by atoms with Crippen molar-refractivity contribution < 1.29 is 0 Å². The Morgan fingerprint density at radius 1 is 1.31 bits per heavy atom. The lowest BCUT2D eigenvalue weighted by Crippen LogP contribution is -2.42. The van der Waals surface area contributed by atoms with Gasteiger partial charge in [0.25, 0.3) is 0 Å². The maximum Gasteiger partial charge on any atom is 0.0234 e. The molecule has 0 unspecified atom stereocenters. The summed E-state index contributed by atoms with van der Waals surface area (Å²) in [6.07, 6.45) is 2.43. The molecule has 1 fully saturated rings. The van der Waals surface area contributed by atoms with Crippen molar-refractivity contribution in [2.75, 3.05) is 13.1 Å². The standard InChI is InChI=1S/C13H20N2.ClH/c1-11-4-6-12(7-5-11)9-15-8-2-3-13(14)10-15;/h4-7,13H,2-3,8-10,14H2,1H3;1H/t13-;/m1./s1. The van der Waals surface area contributed by atoms with Gasteiger partial charge in [-0.2, -0.15) is 0 Å². The zero-order valence-corrected chi connectivity index (χ0v) is 10.7. The molecule has 1 heterocycles. The molecule has 1 aliphatic rings. The van der Waals surface area contributed by atoms with Crippen LogP contribution in [0.25, 0.3) is 0 Å². The van der Waals surface area contributed by atoms with Gasteiger partial charge in [0.15, 0.2) is 0 Å². The van der Waals surface area contributed by atoms with Gasteiger partial charge in [-0.3, -0.25) is 4.90 Å². The van der Waals surface area contributed by atoms with E-state index in [1.807, 2.05) is 0 Å². The zero-order chi connectivity index (χ0) is 10.7. The molecule has 2 rings (SSSR count). The minimum absolute atomic E-state index is 0. The highest BCUT2D eigenvalue weighted by molar-refractivity contribution is 5.85. The number of nitrogens with two attached hydrogens (primary N) is 1. The second-order valence-corrected chi connectivity index (χ2v) is 4.62. The topological polar surface area (TPSA) is 29.3 Å². The second-order valence-electron chi connectivity index (χ2n) is 4.62. The van der Waals surface area contributed by atoms with E-state index in [4.69, 9.17) is 5.73 Å². The predicted octanol–water partition coefficient (Wildman–Crippen LogP) is 2.34. The molecule has 0 saturated carbocycles. The van der Waals surface area contributed by atoms with Crippen molar-refractivity contribution in [1.29, 1.82) is 0 Å². The summed E-state index contributed by atoms with van der Waals surface area (Å²) in [5, 5.41) is 0. The Kier molecular flexibility index (Phi) is 5.26. The highest BCUT2D eigenvalue weighted by Gasteiger charge is 2.16. The first-order valence-corrected chi connectivity index (χ1v) is 5.77. The fraction of sp³-hybridized carbons (Fsp3) is 0.538. The van der Waals surface area contributed by atoms with Crippen molar-refractivity contribution >= 4 is 12.4 Å². The van der Waals surface area contributed by atoms with Crippen LogP contribution in [0.1, 0.15) is 24.0 Å². The van der Waals surface area contributed by atoms with Crippen LogP contribution in [0.3, 0.4) is 0 Å². The third-order valence-electron chi connectivity index (χ3n) is 3.07. The number of benzene rings is 1. The van der Waals surface area contributed by atoms with Crippen LogP contribution in [0, 0.1) is 6.92 Å². The van der Waals surface area contributed by atoms with Crippen molar-refractivity contribution in [2.45, 2.75) is 32.4 Å². The van der Waals surface area contributed by atoms with E-state index in [0.29, 0.717) is 6.04 Å². The van der Waals surface area contributed by atoms with Gasteiger partial charge < -0.3 is 5.73 Å². The van der Waals surface area contributed by atoms with Gasteiger partial charge >= 0.3 is 0 Å². The van der Waals surface area contributed by atoms with Crippen molar-refractivity contribution in [3.8, 4) is 0 Å². The first kappa shape index (κ1) is 13.5. The first-order valence-electron chi connectivity index (χ1n) is 5.77. The minimum atomic E-state index is 0. The van der Waals surface area contributed by atoms with Gasteiger partial charge in [0.05, 0.1) is 0 Å². The molecular formula is C13H21ClN2. The van der Waals surface area contributed by atoms with Gasteiger partial charge in [0, 0.05) is 19.1 Å². The van der Waals surface area contributed by atoms with Gasteiger partial charge in [0.2, 0.25) is 0 Å². The average Bonchev–Trinajstić information content (AvgIpc) is 2.22. The molecule has 0 aromatic heterocycles.